The van der Waals surface area contributed by atoms with Crippen LogP contribution >= 0.6 is 0 Å². The second-order valence-electron chi connectivity index (χ2n) is 4.68. The van der Waals surface area contributed by atoms with Crippen molar-refractivity contribution in [3.8, 4) is 0 Å². The van der Waals surface area contributed by atoms with E-state index in [1.165, 1.54) is 24.8 Å². The van der Waals surface area contributed by atoms with Gasteiger partial charge >= 0.3 is 6.55 Å². The highest BCUT2D eigenvalue weighted by molar-refractivity contribution is 5.92. The number of hydrogen-bond donors (Lipinski definition) is 1. The van der Waals surface area contributed by atoms with Gasteiger partial charge in [0.15, 0.2) is 0 Å². The lowest BCUT2D eigenvalue weighted by Gasteiger charge is -2.23. The van der Waals surface area contributed by atoms with Gasteiger partial charge in [-0.1, -0.05) is 0 Å². The molecule has 22 heavy (non-hydrogen) atoms. The molecule has 9 heteroatoms. The first-order valence-corrected chi connectivity index (χ1v) is 6.57. The van der Waals surface area contributed by atoms with E-state index in [4.69, 9.17) is 0 Å². The van der Waals surface area contributed by atoms with Crippen molar-refractivity contribution in [1.82, 2.24) is 24.4 Å². The summed E-state index contributed by atoms with van der Waals surface area (Å²) in [4.78, 5) is 25.4. The number of carbonyl (C=O) groups is 1. The molecule has 2 heterocycles. The lowest BCUT2D eigenvalue weighted by molar-refractivity contribution is -0.120. The van der Waals surface area contributed by atoms with Crippen molar-refractivity contribution in [2.45, 2.75) is 26.1 Å². The van der Waals surface area contributed by atoms with Gasteiger partial charge in [-0.25, -0.2) is 15.0 Å². The number of imidazole rings is 1. The number of hydrogen-bond acceptors (Lipinski definition) is 5. The average molecular weight is 310 g/mol. The van der Waals surface area contributed by atoms with Crippen LogP contribution in [0.4, 0.5) is 14.7 Å². The fourth-order valence-corrected chi connectivity index (χ4v) is 1.78. The molecule has 0 fully saturated rings. The summed E-state index contributed by atoms with van der Waals surface area (Å²) in [7, 11) is 1.65. The molecule has 1 amide bonds. The normalized spacial score (nSPS) is 12.6. The minimum Gasteiger partial charge on any atom is -0.293 e. The van der Waals surface area contributed by atoms with E-state index in [0.29, 0.717) is 0 Å². The Hall–Kier alpha value is -2.42. The van der Waals surface area contributed by atoms with Crippen molar-refractivity contribution in [3.05, 3.63) is 36.7 Å². The highest BCUT2D eigenvalue weighted by atomic mass is 19.3. The van der Waals surface area contributed by atoms with Gasteiger partial charge in [0.25, 0.3) is 0 Å². The zero-order chi connectivity index (χ0) is 16.1. The number of alkyl halides is 2. The van der Waals surface area contributed by atoms with Crippen LogP contribution in [0.5, 0.6) is 0 Å². The van der Waals surface area contributed by atoms with Crippen LogP contribution in [0.15, 0.2) is 30.9 Å². The summed E-state index contributed by atoms with van der Waals surface area (Å²) in [5.41, 5.74) is 0. The molecular weight excluding hydrogens is 294 g/mol. The topological polar surface area (TPSA) is 75.9 Å². The molecule has 1 unspecified atom stereocenters. The van der Waals surface area contributed by atoms with Gasteiger partial charge in [-0.3, -0.25) is 19.6 Å². The largest absolute Gasteiger partial charge is 0.319 e. The summed E-state index contributed by atoms with van der Waals surface area (Å²) in [6, 6.07) is 1.07. The smallest absolute Gasteiger partial charge is 0.293 e. The Bertz CT molecular complexity index is 618. The molecule has 0 saturated heterocycles. The third kappa shape index (κ3) is 3.82. The Kier molecular flexibility index (Phi) is 5.10. The summed E-state index contributed by atoms with van der Waals surface area (Å²) in [6.07, 6.45) is 5.53. The SMILES string of the molecule is CC(C(=O)Nc1ncccn1)N(C)Cc1nccn1C(F)F. The molecule has 118 valence electrons. The lowest BCUT2D eigenvalue weighted by atomic mass is 10.2. The van der Waals surface area contributed by atoms with Crippen LogP contribution in [0.1, 0.15) is 19.3 Å². The average Bonchev–Trinajstić information content (AvgIpc) is 2.95. The molecule has 0 aliphatic heterocycles. The summed E-state index contributed by atoms with van der Waals surface area (Å²) in [6.45, 7) is -0.886. The van der Waals surface area contributed by atoms with Gasteiger partial charge in [0.1, 0.15) is 5.82 Å². The van der Waals surface area contributed by atoms with E-state index in [1.807, 2.05) is 0 Å². The van der Waals surface area contributed by atoms with Crippen molar-refractivity contribution in [1.29, 1.82) is 0 Å². The number of carbonyl (C=O) groups excluding carboxylic acids is 1. The lowest BCUT2D eigenvalue weighted by Crippen LogP contribution is -2.40. The van der Waals surface area contributed by atoms with Crippen molar-refractivity contribution < 1.29 is 13.6 Å². The summed E-state index contributed by atoms with van der Waals surface area (Å²) in [5.74, 6) is 0.0544. The minimum atomic E-state index is -2.66. The first kappa shape index (κ1) is 16.0. The first-order chi connectivity index (χ1) is 10.5. The molecule has 0 spiro atoms. The van der Waals surface area contributed by atoms with Gasteiger partial charge in [-0.05, 0) is 20.0 Å². The zero-order valence-corrected chi connectivity index (χ0v) is 12.1. The summed E-state index contributed by atoms with van der Waals surface area (Å²) in [5, 5.41) is 2.56. The van der Waals surface area contributed by atoms with E-state index < -0.39 is 12.6 Å². The molecule has 0 radical (unpaired) electrons. The molecule has 7 nitrogen and oxygen atoms in total. The molecule has 0 aliphatic rings. The molecule has 0 bridgehead atoms. The number of anilines is 1. The van der Waals surface area contributed by atoms with E-state index in [0.717, 1.165) is 4.57 Å². The molecule has 2 aromatic rings. The number of aromatic nitrogens is 4. The van der Waals surface area contributed by atoms with Gasteiger partial charge in [0.05, 0.1) is 12.6 Å². The van der Waals surface area contributed by atoms with E-state index in [1.54, 1.807) is 24.9 Å². The third-order valence-electron chi connectivity index (χ3n) is 3.19. The number of nitrogens with one attached hydrogen (secondary N) is 1. The number of rotatable bonds is 6. The highest BCUT2D eigenvalue weighted by Gasteiger charge is 2.21. The quantitative estimate of drug-likeness (QED) is 0.875. The number of nitrogens with zero attached hydrogens (tertiary/aromatic N) is 5. The zero-order valence-electron chi connectivity index (χ0n) is 12.1. The van der Waals surface area contributed by atoms with E-state index >= 15 is 0 Å². The van der Waals surface area contributed by atoms with Crippen LogP contribution in [0, 0.1) is 0 Å². The molecular formula is C13H16F2N6O. The van der Waals surface area contributed by atoms with Gasteiger partial charge in [-0.15, -0.1) is 0 Å². The Morgan fingerprint density at radius 1 is 1.32 bits per heavy atom. The second kappa shape index (κ2) is 7.03. The molecule has 2 aromatic heterocycles. The summed E-state index contributed by atoms with van der Waals surface area (Å²) < 4.78 is 26.3. The van der Waals surface area contributed by atoms with Crippen LogP contribution in [0.25, 0.3) is 0 Å². The fraction of sp³-hybridized carbons (Fsp3) is 0.385. The molecule has 1 atom stereocenters. The van der Waals surface area contributed by atoms with Crippen LogP contribution in [0.2, 0.25) is 0 Å². The fourth-order valence-electron chi connectivity index (χ4n) is 1.78. The first-order valence-electron chi connectivity index (χ1n) is 6.57. The van der Waals surface area contributed by atoms with Crippen LogP contribution in [-0.2, 0) is 11.3 Å². The Morgan fingerprint density at radius 3 is 2.64 bits per heavy atom. The van der Waals surface area contributed by atoms with Crippen LogP contribution in [-0.4, -0.2) is 43.4 Å². The maximum atomic E-state index is 12.8. The summed E-state index contributed by atoms with van der Waals surface area (Å²) >= 11 is 0. The van der Waals surface area contributed by atoms with E-state index in [2.05, 4.69) is 20.3 Å². The Labute approximate surface area is 126 Å². The van der Waals surface area contributed by atoms with E-state index in [9.17, 15) is 13.6 Å². The number of halogens is 2. The Morgan fingerprint density at radius 2 is 2.00 bits per heavy atom. The number of amides is 1. The van der Waals surface area contributed by atoms with Gasteiger partial charge in [-0.2, -0.15) is 8.78 Å². The van der Waals surface area contributed by atoms with Gasteiger partial charge < -0.3 is 0 Å². The predicted octanol–water partition coefficient (Wildman–Crippen LogP) is 1.53. The minimum absolute atomic E-state index is 0.113. The van der Waals surface area contributed by atoms with Crippen LogP contribution < -0.4 is 5.32 Å². The molecule has 1 N–H and O–H groups in total. The maximum absolute atomic E-state index is 12.8. The second-order valence-corrected chi connectivity index (χ2v) is 4.68. The van der Waals surface area contributed by atoms with Gasteiger partial charge in [0.2, 0.25) is 11.9 Å². The number of likely N-dealkylation sites (N-methyl/N-ethyl adjacent to an activating group) is 1. The molecule has 0 aliphatic carbocycles. The Balaban J connectivity index is 1.98. The maximum Gasteiger partial charge on any atom is 0.319 e. The van der Waals surface area contributed by atoms with Crippen molar-refractivity contribution in [2.24, 2.45) is 0 Å². The van der Waals surface area contributed by atoms with Crippen molar-refractivity contribution in [3.63, 3.8) is 0 Å². The van der Waals surface area contributed by atoms with Crippen molar-refractivity contribution in [2.75, 3.05) is 12.4 Å². The molecule has 2 rings (SSSR count). The standard InChI is InChI=1S/C13H16F2N6O/c1-9(11(22)19-13-17-4-3-5-18-13)20(2)8-10-16-6-7-21(10)12(14)15/h3-7,9,12H,8H2,1-2H3,(H,17,18,19,22). The monoisotopic (exact) mass is 310 g/mol. The van der Waals surface area contributed by atoms with Crippen LogP contribution in [0.3, 0.4) is 0 Å². The highest BCUT2D eigenvalue weighted by Crippen LogP contribution is 2.14. The predicted molar refractivity (Wildman–Crippen MR) is 75.1 cm³/mol. The molecule has 0 aromatic carbocycles. The third-order valence-corrected chi connectivity index (χ3v) is 3.19. The van der Waals surface area contributed by atoms with Gasteiger partial charge in [0, 0.05) is 24.8 Å². The van der Waals surface area contributed by atoms with Crippen molar-refractivity contribution >= 4 is 11.9 Å². The molecule has 0 saturated carbocycles. The van der Waals surface area contributed by atoms with E-state index in [-0.39, 0.29) is 24.2 Å².